The molecule has 0 fully saturated rings. The summed E-state index contributed by atoms with van der Waals surface area (Å²) in [6.07, 6.45) is 1.53. The number of anilines is 1. The largest absolute Gasteiger partial charge is 0.496 e. The monoisotopic (exact) mass is 488 g/mol. The molecule has 1 aliphatic rings. The summed E-state index contributed by atoms with van der Waals surface area (Å²) in [7, 11) is 1.46. The Balaban J connectivity index is 1.60. The van der Waals surface area contributed by atoms with Crippen LogP contribution in [0.1, 0.15) is 33.2 Å². The Bertz CT molecular complexity index is 1320. The Morgan fingerprint density at radius 2 is 1.72 bits per heavy atom. The fraction of sp³-hybridized carbons (Fsp3) is 0.148. The number of nitrogens with one attached hydrogen (secondary N) is 2. The van der Waals surface area contributed by atoms with Gasteiger partial charge < -0.3 is 29.6 Å². The fourth-order valence-electron chi connectivity index (χ4n) is 3.45. The van der Waals surface area contributed by atoms with Crippen molar-refractivity contribution in [3.05, 3.63) is 89.1 Å². The number of amides is 2. The van der Waals surface area contributed by atoms with Gasteiger partial charge in [0, 0.05) is 5.69 Å². The van der Waals surface area contributed by atoms with Crippen molar-refractivity contribution in [1.29, 1.82) is 0 Å². The van der Waals surface area contributed by atoms with Gasteiger partial charge in [-0.2, -0.15) is 0 Å². The lowest BCUT2D eigenvalue weighted by Crippen LogP contribution is -2.31. The van der Waals surface area contributed by atoms with Crippen LogP contribution in [0.25, 0.3) is 6.08 Å². The van der Waals surface area contributed by atoms with E-state index in [-0.39, 0.29) is 24.7 Å². The molecule has 0 atom stereocenters. The van der Waals surface area contributed by atoms with E-state index in [0.29, 0.717) is 34.1 Å². The third kappa shape index (κ3) is 5.64. The number of hydrogen-bond donors (Lipinski definition) is 2. The van der Waals surface area contributed by atoms with E-state index >= 15 is 0 Å². The van der Waals surface area contributed by atoms with E-state index in [1.807, 2.05) is 0 Å². The van der Waals surface area contributed by atoms with Crippen molar-refractivity contribution in [3.8, 4) is 17.2 Å². The zero-order valence-corrected chi connectivity index (χ0v) is 19.7. The predicted molar refractivity (Wildman–Crippen MR) is 132 cm³/mol. The van der Waals surface area contributed by atoms with Crippen LogP contribution >= 0.6 is 0 Å². The fourth-order valence-corrected chi connectivity index (χ4v) is 3.45. The molecule has 4 rings (SSSR count). The molecule has 9 nitrogen and oxygen atoms in total. The van der Waals surface area contributed by atoms with Gasteiger partial charge in [-0.05, 0) is 67.1 Å². The number of benzene rings is 3. The minimum absolute atomic E-state index is 0.0146. The van der Waals surface area contributed by atoms with Gasteiger partial charge in [-0.1, -0.05) is 18.2 Å². The van der Waals surface area contributed by atoms with Crippen LogP contribution in [-0.4, -0.2) is 38.3 Å². The van der Waals surface area contributed by atoms with Crippen LogP contribution in [-0.2, 0) is 9.53 Å². The predicted octanol–water partition coefficient (Wildman–Crippen LogP) is 4.01. The minimum atomic E-state index is -0.570. The highest BCUT2D eigenvalue weighted by molar-refractivity contribution is 6.11. The number of carbonyl (C=O) groups excluding carboxylic acids is 3. The van der Waals surface area contributed by atoms with Gasteiger partial charge in [-0.15, -0.1) is 0 Å². The van der Waals surface area contributed by atoms with Crippen molar-refractivity contribution in [3.63, 3.8) is 0 Å². The van der Waals surface area contributed by atoms with Crippen molar-refractivity contribution in [2.75, 3.05) is 25.8 Å². The number of para-hydroxylation sites is 1. The third-order valence-electron chi connectivity index (χ3n) is 5.21. The standard InChI is InChI=1S/C27H24N2O7/c1-3-34-27(32)18-9-11-19(12-10-18)28-26(31)21(14-17-8-13-23-24(15-17)36-16-35-23)29-25(30)20-6-4-5-7-22(20)33-2/h4-15H,3,16H2,1-2H3,(H,28,31)(H,29,30). The number of carbonyl (C=O) groups is 3. The first-order valence-corrected chi connectivity index (χ1v) is 11.1. The van der Waals surface area contributed by atoms with Crippen molar-refractivity contribution in [2.24, 2.45) is 0 Å². The number of fused-ring (bicyclic) bond motifs is 1. The summed E-state index contributed by atoms with van der Waals surface area (Å²) >= 11 is 0. The summed E-state index contributed by atoms with van der Waals surface area (Å²) in [6, 6.07) is 18.1. The van der Waals surface area contributed by atoms with Crippen molar-refractivity contribution in [2.45, 2.75) is 6.92 Å². The average Bonchev–Trinajstić information content (AvgIpc) is 3.36. The van der Waals surface area contributed by atoms with Gasteiger partial charge in [0.25, 0.3) is 11.8 Å². The van der Waals surface area contributed by atoms with Gasteiger partial charge in [-0.25, -0.2) is 4.79 Å². The summed E-state index contributed by atoms with van der Waals surface area (Å²) < 4.78 is 21.0. The average molecular weight is 488 g/mol. The number of methoxy groups -OCH3 is 1. The van der Waals surface area contributed by atoms with Gasteiger partial charge in [0.15, 0.2) is 11.5 Å². The highest BCUT2D eigenvalue weighted by Gasteiger charge is 2.19. The van der Waals surface area contributed by atoms with Gasteiger partial charge in [0.05, 0.1) is 24.8 Å². The van der Waals surface area contributed by atoms with Crippen LogP contribution in [0.4, 0.5) is 5.69 Å². The van der Waals surface area contributed by atoms with Crippen LogP contribution in [0.5, 0.6) is 17.2 Å². The molecule has 0 aromatic heterocycles. The van der Waals surface area contributed by atoms with Crippen LogP contribution in [0.3, 0.4) is 0 Å². The molecule has 9 heteroatoms. The molecule has 0 saturated carbocycles. The van der Waals surface area contributed by atoms with Crippen LogP contribution in [0.15, 0.2) is 72.4 Å². The van der Waals surface area contributed by atoms with Gasteiger partial charge in [0.2, 0.25) is 6.79 Å². The van der Waals surface area contributed by atoms with Crippen molar-refractivity contribution < 1.29 is 33.3 Å². The molecule has 0 spiro atoms. The van der Waals surface area contributed by atoms with E-state index in [1.165, 1.54) is 13.2 Å². The van der Waals surface area contributed by atoms with E-state index in [9.17, 15) is 14.4 Å². The second-order valence-corrected chi connectivity index (χ2v) is 7.58. The number of esters is 1. The third-order valence-corrected chi connectivity index (χ3v) is 5.21. The zero-order chi connectivity index (χ0) is 25.5. The molecule has 184 valence electrons. The maximum Gasteiger partial charge on any atom is 0.338 e. The molecular weight excluding hydrogens is 464 g/mol. The molecule has 36 heavy (non-hydrogen) atoms. The Morgan fingerprint density at radius 1 is 0.972 bits per heavy atom. The van der Waals surface area contributed by atoms with Gasteiger partial charge in [-0.3, -0.25) is 9.59 Å². The molecule has 0 aliphatic carbocycles. The first-order valence-electron chi connectivity index (χ1n) is 11.1. The molecule has 2 amide bonds. The summed E-state index contributed by atoms with van der Waals surface area (Å²) in [5.41, 5.74) is 1.65. The first-order chi connectivity index (χ1) is 17.5. The highest BCUT2D eigenvalue weighted by atomic mass is 16.7. The van der Waals surface area contributed by atoms with E-state index < -0.39 is 17.8 Å². The molecule has 2 N–H and O–H groups in total. The van der Waals surface area contributed by atoms with Crippen LogP contribution < -0.4 is 24.8 Å². The number of ether oxygens (including phenoxy) is 4. The quantitative estimate of drug-likeness (QED) is 0.364. The highest BCUT2D eigenvalue weighted by Crippen LogP contribution is 2.33. The van der Waals surface area contributed by atoms with Crippen molar-refractivity contribution >= 4 is 29.5 Å². The van der Waals surface area contributed by atoms with E-state index in [0.717, 1.165) is 0 Å². The molecule has 1 aliphatic heterocycles. The van der Waals surface area contributed by atoms with E-state index in [4.69, 9.17) is 18.9 Å². The van der Waals surface area contributed by atoms with E-state index in [1.54, 1.807) is 73.7 Å². The molecular formula is C27H24N2O7. The lowest BCUT2D eigenvalue weighted by atomic mass is 10.1. The summed E-state index contributed by atoms with van der Waals surface area (Å²) in [5, 5.41) is 5.41. The summed E-state index contributed by atoms with van der Waals surface area (Å²) in [5.74, 6) is -0.0469. The minimum Gasteiger partial charge on any atom is -0.496 e. The normalized spacial score (nSPS) is 12.0. The lowest BCUT2D eigenvalue weighted by molar-refractivity contribution is -0.113. The molecule has 3 aromatic rings. The molecule has 3 aromatic carbocycles. The number of hydrogen-bond acceptors (Lipinski definition) is 7. The summed E-state index contributed by atoms with van der Waals surface area (Å²) in [6.45, 7) is 2.10. The Hall–Kier alpha value is -4.79. The molecule has 0 bridgehead atoms. The number of rotatable bonds is 8. The van der Waals surface area contributed by atoms with E-state index in [2.05, 4.69) is 10.6 Å². The van der Waals surface area contributed by atoms with Gasteiger partial charge in [0.1, 0.15) is 11.4 Å². The maximum atomic E-state index is 13.2. The topological polar surface area (TPSA) is 112 Å². The second-order valence-electron chi connectivity index (χ2n) is 7.58. The zero-order valence-electron chi connectivity index (χ0n) is 19.7. The molecule has 0 saturated heterocycles. The molecule has 0 radical (unpaired) electrons. The molecule has 1 heterocycles. The van der Waals surface area contributed by atoms with Gasteiger partial charge >= 0.3 is 5.97 Å². The SMILES string of the molecule is CCOC(=O)c1ccc(NC(=O)C(=Cc2ccc3c(c2)OCO3)NC(=O)c2ccccc2OC)cc1. The first kappa shape index (κ1) is 24.3. The van der Waals surface area contributed by atoms with Crippen molar-refractivity contribution in [1.82, 2.24) is 5.32 Å². The smallest absolute Gasteiger partial charge is 0.338 e. The summed E-state index contributed by atoms with van der Waals surface area (Å²) in [4.78, 5) is 38.1. The second kappa shape index (κ2) is 11.1. The lowest BCUT2D eigenvalue weighted by Gasteiger charge is -2.13. The maximum absolute atomic E-state index is 13.2. The Labute approximate surface area is 207 Å². The van der Waals surface area contributed by atoms with Crippen LogP contribution in [0, 0.1) is 0 Å². The molecule has 0 unspecified atom stereocenters. The Kier molecular flexibility index (Phi) is 7.50. The van der Waals surface area contributed by atoms with Crippen LogP contribution in [0.2, 0.25) is 0 Å². The Morgan fingerprint density at radius 3 is 2.47 bits per heavy atom.